The van der Waals surface area contributed by atoms with Crippen LogP contribution in [0.15, 0.2) is 12.1 Å². The van der Waals surface area contributed by atoms with Crippen LogP contribution in [0.1, 0.15) is 42.0 Å². The molecule has 1 amide bonds. The fourth-order valence-corrected chi connectivity index (χ4v) is 3.51. The molecule has 21 heavy (non-hydrogen) atoms. The highest BCUT2D eigenvalue weighted by Gasteiger charge is 2.19. The van der Waals surface area contributed by atoms with Crippen molar-refractivity contribution >= 4 is 17.2 Å². The van der Waals surface area contributed by atoms with Crippen LogP contribution in [0.4, 0.5) is 0 Å². The van der Waals surface area contributed by atoms with Gasteiger partial charge < -0.3 is 15.0 Å². The smallest absolute Gasteiger partial charge is 0.225 e. The first-order chi connectivity index (χ1) is 10.1. The molecule has 0 bridgehead atoms. The molecule has 118 valence electrons. The standard InChI is InChI=1S/C16H26N2O2S/c1-12-4-5-15(21-12)13(2)18(3)16(19)8-11-20-14-6-9-17-10-7-14/h4-5,13-14,17H,6-11H2,1-3H3. The zero-order valence-electron chi connectivity index (χ0n) is 13.2. The van der Waals surface area contributed by atoms with Crippen LogP contribution in [0.25, 0.3) is 0 Å². The summed E-state index contributed by atoms with van der Waals surface area (Å²) in [5, 5.41) is 3.31. The Hall–Kier alpha value is -0.910. The highest BCUT2D eigenvalue weighted by molar-refractivity contribution is 7.12. The number of hydrogen-bond acceptors (Lipinski definition) is 4. The predicted molar refractivity (Wildman–Crippen MR) is 86.7 cm³/mol. The van der Waals surface area contributed by atoms with E-state index in [2.05, 4.69) is 31.3 Å². The van der Waals surface area contributed by atoms with Gasteiger partial charge in [-0.15, -0.1) is 11.3 Å². The van der Waals surface area contributed by atoms with Crippen LogP contribution in [-0.4, -0.2) is 43.7 Å². The number of amides is 1. The van der Waals surface area contributed by atoms with Gasteiger partial charge in [0.15, 0.2) is 0 Å². The summed E-state index contributed by atoms with van der Waals surface area (Å²) in [4.78, 5) is 16.6. The van der Waals surface area contributed by atoms with Gasteiger partial charge in [0.2, 0.25) is 5.91 Å². The third-order valence-corrected chi connectivity index (χ3v) is 5.27. The van der Waals surface area contributed by atoms with Gasteiger partial charge in [0.25, 0.3) is 0 Å². The van der Waals surface area contributed by atoms with Crippen LogP contribution in [0.5, 0.6) is 0 Å². The first kappa shape index (κ1) is 16.5. The Morgan fingerprint density at radius 2 is 2.19 bits per heavy atom. The predicted octanol–water partition coefficient (Wildman–Crippen LogP) is 2.73. The van der Waals surface area contributed by atoms with Crippen molar-refractivity contribution in [2.75, 3.05) is 26.7 Å². The van der Waals surface area contributed by atoms with E-state index >= 15 is 0 Å². The Kier molecular flexibility index (Phi) is 6.21. The van der Waals surface area contributed by atoms with Crippen molar-refractivity contribution in [2.45, 2.75) is 45.3 Å². The quantitative estimate of drug-likeness (QED) is 0.878. The van der Waals surface area contributed by atoms with Gasteiger partial charge in [0, 0.05) is 16.8 Å². The molecular weight excluding hydrogens is 284 g/mol. The summed E-state index contributed by atoms with van der Waals surface area (Å²) in [6, 6.07) is 4.35. The summed E-state index contributed by atoms with van der Waals surface area (Å²) in [6.07, 6.45) is 2.89. The number of carbonyl (C=O) groups is 1. The number of piperidine rings is 1. The van der Waals surface area contributed by atoms with Gasteiger partial charge >= 0.3 is 0 Å². The van der Waals surface area contributed by atoms with E-state index in [-0.39, 0.29) is 11.9 Å². The van der Waals surface area contributed by atoms with Crippen LogP contribution >= 0.6 is 11.3 Å². The summed E-state index contributed by atoms with van der Waals surface area (Å²) in [5.41, 5.74) is 0. The Morgan fingerprint density at radius 1 is 1.48 bits per heavy atom. The molecule has 1 saturated heterocycles. The summed E-state index contributed by atoms with van der Waals surface area (Å²) in [6.45, 7) is 6.75. The normalized spacial score (nSPS) is 17.7. The fraction of sp³-hybridized carbons (Fsp3) is 0.688. The second-order valence-electron chi connectivity index (χ2n) is 5.70. The van der Waals surface area contributed by atoms with Crippen LogP contribution in [0.2, 0.25) is 0 Å². The molecule has 0 aromatic carbocycles. The molecule has 1 atom stereocenters. The second kappa shape index (κ2) is 7.92. The number of carbonyl (C=O) groups excluding carboxylic acids is 1. The Balaban J connectivity index is 1.74. The van der Waals surface area contributed by atoms with Gasteiger partial charge in [0.1, 0.15) is 0 Å². The van der Waals surface area contributed by atoms with Crippen LogP contribution in [0, 0.1) is 6.92 Å². The fourth-order valence-electron chi connectivity index (χ4n) is 2.54. The second-order valence-corrected chi connectivity index (χ2v) is 7.02. The van der Waals surface area contributed by atoms with E-state index in [1.165, 1.54) is 9.75 Å². The summed E-state index contributed by atoms with van der Waals surface area (Å²) in [5.74, 6) is 0.155. The van der Waals surface area contributed by atoms with Gasteiger partial charge in [0.05, 0.1) is 25.2 Å². The first-order valence-electron chi connectivity index (χ1n) is 7.72. The summed E-state index contributed by atoms with van der Waals surface area (Å²) in [7, 11) is 1.88. The van der Waals surface area contributed by atoms with Crippen molar-refractivity contribution in [3.05, 3.63) is 21.9 Å². The van der Waals surface area contributed by atoms with Crippen molar-refractivity contribution in [2.24, 2.45) is 0 Å². The minimum absolute atomic E-state index is 0.134. The lowest BCUT2D eigenvalue weighted by Crippen LogP contribution is -2.34. The Morgan fingerprint density at radius 3 is 2.81 bits per heavy atom. The van der Waals surface area contributed by atoms with E-state index in [9.17, 15) is 4.79 Å². The average molecular weight is 310 g/mol. The molecule has 1 fully saturated rings. The number of rotatable bonds is 6. The summed E-state index contributed by atoms with van der Waals surface area (Å²) < 4.78 is 5.81. The lowest BCUT2D eigenvalue weighted by molar-refractivity contribution is -0.133. The lowest BCUT2D eigenvalue weighted by Gasteiger charge is -2.26. The molecule has 4 nitrogen and oxygen atoms in total. The van der Waals surface area contributed by atoms with Gasteiger partial charge in [-0.25, -0.2) is 0 Å². The number of nitrogens with one attached hydrogen (secondary N) is 1. The SMILES string of the molecule is Cc1ccc(C(C)N(C)C(=O)CCOC2CCNCC2)s1. The highest BCUT2D eigenvalue weighted by Crippen LogP contribution is 2.26. The summed E-state index contributed by atoms with van der Waals surface area (Å²) >= 11 is 1.76. The zero-order valence-corrected chi connectivity index (χ0v) is 14.0. The van der Waals surface area contributed by atoms with E-state index in [1.807, 2.05) is 11.9 Å². The number of ether oxygens (including phenoxy) is 1. The van der Waals surface area contributed by atoms with Crippen LogP contribution < -0.4 is 5.32 Å². The van der Waals surface area contributed by atoms with Crippen LogP contribution in [0.3, 0.4) is 0 Å². The molecule has 1 aromatic heterocycles. The van der Waals surface area contributed by atoms with E-state index in [0.29, 0.717) is 19.1 Å². The van der Waals surface area contributed by atoms with Gasteiger partial charge in [-0.2, -0.15) is 0 Å². The highest BCUT2D eigenvalue weighted by atomic mass is 32.1. The monoisotopic (exact) mass is 310 g/mol. The largest absolute Gasteiger partial charge is 0.378 e. The maximum atomic E-state index is 12.2. The molecule has 0 radical (unpaired) electrons. The van der Waals surface area contributed by atoms with Gasteiger partial charge in [-0.1, -0.05) is 0 Å². The first-order valence-corrected chi connectivity index (χ1v) is 8.54. The van der Waals surface area contributed by atoms with Crippen molar-refractivity contribution in [3.8, 4) is 0 Å². The minimum atomic E-state index is 0.134. The van der Waals surface area contributed by atoms with E-state index < -0.39 is 0 Å². The lowest BCUT2D eigenvalue weighted by atomic mass is 10.1. The molecular formula is C16H26N2O2S. The van der Waals surface area contributed by atoms with Crippen molar-refractivity contribution < 1.29 is 9.53 Å². The molecule has 5 heteroatoms. The Bertz CT molecular complexity index is 455. The van der Waals surface area contributed by atoms with E-state index in [4.69, 9.17) is 4.74 Å². The van der Waals surface area contributed by atoms with E-state index in [0.717, 1.165) is 25.9 Å². The molecule has 1 aliphatic heterocycles. The van der Waals surface area contributed by atoms with E-state index in [1.54, 1.807) is 11.3 Å². The maximum Gasteiger partial charge on any atom is 0.225 e. The third kappa shape index (κ3) is 4.80. The molecule has 1 aromatic rings. The Labute approximate surface area is 131 Å². The van der Waals surface area contributed by atoms with Crippen molar-refractivity contribution in [3.63, 3.8) is 0 Å². The number of hydrogen-bond donors (Lipinski definition) is 1. The molecule has 1 N–H and O–H groups in total. The van der Waals surface area contributed by atoms with Gasteiger partial charge in [-0.05, 0) is 51.9 Å². The topological polar surface area (TPSA) is 41.6 Å². The average Bonchev–Trinajstić information content (AvgIpc) is 2.93. The number of aryl methyl sites for hydroxylation is 1. The van der Waals surface area contributed by atoms with Crippen LogP contribution in [-0.2, 0) is 9.53 Å². The number of nitrogens with zero attached hydrogens (tertiary/aromatic N) is 1. The maximum absolute atomic E-state index is 12.2. The molecule has 1 aliphatic rings. The van der Waals surface area contributed by atoms with Gasteiger partial charge in [-0.3, -0.25) is 4.79 Å². The molecule has 0 aliphatic carbocycles. The molecule has 2 heterocycles. The minimum Gasteiger partial charge on any atom is -0.378 e. The zero-order chi connectivity index (χ0) is 15.2. The van der Waals surface area contributed by atoms with Crippen molar-refractivity contribution in [1.29, 1.82) is 0 Å². The molecule has 1 unspecified atom stereocenters. The molecule has 2 rings (SSSR count). The van der Waals surface area contributed by atoms with Crippen molar-refractivity contribution in [1.82, 2.24) is 10.2 Å². The third-order valence-electron chi connectivity index (χ3n) is 4.10. The number of thiophene rings is 1. The molecule has 0 spiro atoms. The molecule has 0 saturated carbocycles.